The molecule has 46 valence electrons. The van der Waals surface area contributed by atoms with Gasteiger partial charge in [-0.1, -0.05) is 0 Å². The van der Waals surface area contributed by atoms with E-state index >= 15 is 0 Å². The van der Waals surface area contributed by atoms with Crippen LogP contribution in [0.15, 0.2) is 4.99 Å². The Morgan fingerprint density at radius 3 is 2.25 bits per heavy atom. The van der Waals surface area contributed by atoms with Gasteiger partial charge in [0.25, 0.3) is 0 Å². The molecule has 0 aliphatic rings. The van der Waals surface area contributed by atoms with Crippen LogP contribution >= 0.6 is 0 Å². The molecule has 0 heterocycles. The summed E-state index contributed by atoms with van der Waals surface area (Å²) in [6.07, 6.45) is 1.57. The largest absolute Gasteiger partial charge is 0.304 e. The maximum atomic E-state index is 6.94. The van der Waals surface area contributed by atoms with E-state index in [1.165, 1.54) is 0 Å². The highest BCUT2D eigenvalue weighted by molar-refractivity contribution is 6.27. The molecule has 1 N–H and O–H groups in total. The molecule has 0 rings (SSSR count). The first kappa shape index (κ1) is 7.34. The maximum Gasteiger partial charge on any atom is 0.0461 e. The fraction of sp³-hybridized carbons (Fsp3) is 0.667. The Labute approximate surface area is 50.1 Å². The number of hydrogen-bond acceptors (Lipinski definition) is 2. The number of rotatable bonds is 2. The molecule has 2 nitrogen and oxygen atoms in total. The first-order valence-electron chi connectivity index (χ1n) is 2.71. The maximum absolute atomic E-state index is 6.94. The van der Waals surface area contributed by atoms with Crippen molar-refractivity contribution < 1.29 is 0 Å². The summed E-state index contributed by atoms with van der Waals surface area (Å²) in [5.74, 6) is 0. The zero-order valence-electron chi connectivity index (χ0n) is 5.60. The minimum Gasteiger partial charge on any atom is -0.304 e. The molecular formula is C6H12N2. The minimum absolute atomic E-state index is 0.315. The minimum atomic E-state index is 0.315. The van der Waals surface area contributed by atoms with E-state index in [-0.39, 0.29) is 0 Å². The predicted molar refractivity (Wildman–Crippen MR) is 37.0 cm³/mol. The second-order valence-electron chi connectivity index (χ2n) is 2.05. The van der Waals surface area contributed by atoms with Gasteiger partial charge in [0.1, 0.15) is 0 Å². The summed E-state index contributed by atoms with van der Waals surface area (Å²) in [5.41, 5.74) is 0.513. The Morgan fingerprint density at radius 1 is 1.62 bits per heavy atom. The molecule has 0 spiro atoms. The SMILES string of the molecule is CC(=N)C=NC(C)C. The summed E-state index contributed by atoms with van der Waals surface area (Å²) in [4.78, 5) is 3.97. The third-order valence-electron chi connectivity index (χ3n) is 0.566. The number of nitrogens with zero attached hydrogens (tertiary/aromatic N) is 1. The van der Waals surface area contributed by atoms with E-state index in [4.69, 9.17) is 5.41 Å². The van der Waals surface area contributed by atoms with E-state index < -0.39 is 0 Å². The van der Waals surface area contributed by atoms with Gasteiger partial charge in [0.2, 0.25) is 0 Å². The zero-order chi connectivity index (χ0) is 6.57. The normalized spacial score (nSPS) is 11.0. The van der Waals surface area contributed by atoms with Crippen molar-refractivity contribution in [2.75, 3.05) is 0 Å². The lowest BCUT2D eigenvalue weighted by Crippen LogP contribution is -1.94. The van der Waals surface area contributed by atoms with Gasteiger partial charge in [-0.05, 0) is 20.8 Å². The third-order valence-corrected chi connectivity index (χ3v) is 0.566. The van der Waals surface area contributed by atoms with Gasteiger partial charge in [-0.25, -0.2) is 0 Å². The standard InChI is InChI=1S/C6H12N2/c1-5(2)8-4-6(3)7/h4-5,7H,1-3H3. The molecule has 0 aliphatic carbocycles. The van der Waals surface area contributed by atoms with Crippen LogP contribution in [0, 0.1) is 5.41 Å². The van der Waals surface area contributed by atoms with Gasteiger partial charge in [-0.15, -0.1) is 0 Å². The first-order chi connectivity index (χ1) is 3.63. The molecule has 0 radical (unpaired) electrons. The smallest absolute Gasteiger partial charge is 0.0461 e. The van der Waals surface area contributed by atoms with Crippen molar-refractivity contribution in [1.29, 1.82) is 5.41 Å². The number of aliphatic imine (C=N–C) groups is 1. The van der Waals surface area contributed by atoms with Gasteiger partial charge in [-0.3, -0.25) is 4.99 Å². The topological polar surface area (TPSA) is 36.2 Å². The van der Waals surface area contributed by atoms with Gasteiger partial charge in [0, 0.05) is 18.0 Å². The summed E-state index contributed by atoms with van der Waals surface area (Å²) in [5, 5.41) is 6.94. The van der Waals surface area contributed by atoms with E-state index in [1.807, 2.05) is 13.8 Å². The van der Waals surface area contributed by atoms with Crippen molar-refractivity contribution in [3.63, 3.8) is 0 Å². The van der Waals surface area contributed by atoms with Crippen molar-refractivity contribution in [2.45, 2.75) is 26.8 Å². The van der Waals surface area contributed by atoms with Crippen LogP contribution in [-0.4, -0.2) is 18.0 Å². The molecular weight excluding hydrogens is 100 g/mol. The molecule has 8 heavy (non-hydrogen) atoms. The summed E-state index contributed by atoms with van der Waals surface area (Å²) in [6.45, 7) is 5.69. The van der Waals surface area contributed by atoms with Gasteiger partial charge in [0.15, 0.2) is 0 Å². The molecule has 0 aromatic heterocycles. The Kier molecular flexibility index (Phi) is 3.08. The van der Waals surface area contributed by atoms with Crippen molar-refractivity contribution >= 4 is 11.9 Å². The van der Waals surface area contributed by atoms with Crippen LogP contribution in [0.3, 0.4) is 0 Å². The van der Waals surface area contributed by atoms with Gasteiger partial charge >= 0.3 is 0 Å². The van der Waals surface area contributed by atoms with E-state index in [9.17, 15) is 0 Å². The third kappa shape index (κ3) is 5.34. The van der Waals surface area contributed by atoms with Crippen LogP contribution in [0.5, 0.6) is 0 Å². The van der Waals surface area contributed by atoms with E-state index in [2.05, 4.69) is 4.99 Å². The quantitative estimate of drug-likeness (QED) is 0.526. The van der Waals surface area contributed by atoms with Gasteiger partial charge in [0.05, 0.1) is 0 Å². The van der Waals surface area contributed by atoms with Crippen LogP contribution in [0.2, 0.25) is 0 Å². The molecule has 0 atom stereocenters. The fourth-order valence-corrected chi connectivity index (χ4v) is 0.261. The second-order valence-corrected chi connectivity index (χ2v) is 2.05. The Balaban J connectivity index is 3.50. The van der Waals surface area contributed by atoms with E-state index in [1.54, 1.807) is 13.1 Å². The highest BCUT2D eigenvalue weighted by atomic mass is 14.7. The van der Waals surface area contributed by atoms with Crippen LogP contribution in [0.4, 0.5) is 0 Å². The average Bonchev–Trinajstić information content (AvgIpc) is 1.61. The van der Waals surface area contributed by atoms with Crippen LogP contribution in [-0.2, 0) is 0 Å². The van der Waals surface area contributed by atoms with Crippen molar-refractivity contribution in [3.05, 3.63) is 0 Å². The first-order valence-corrected chi connectivity index (χ1v) is 2.71. The van der Waals surface area contributed by atoms with E-state index in [0.29, 0.717) is 11.8 Å². The molecule has 0 amide bonds. The lowest BCUT2D eigenvalue weighted by Gasteiger charge is -1.91. The monoisotopic (exact) mass is 112 g/mol. The highest BCUT2D eigenvalue weighted by Crippen LogP contribution is 1.81. The second kappa shape index (κ2) is 3.36. The zero-order valence-corrected chi connectivity index (χ0v) is 5.60. The Hall–Kier alpha value is -0.660. The van der Waals surface area contributed by atoms with Crippen LogP contribution in [0.25, 0.3) is 0 Å². The number of nitrogens with one attached hydrogen (secondary N) is 1. The van der Waals surface area contributed by atoms with Gasteiger partial charge < -0.3 is 5.41 Å². The van der Waals surface area contributed by atoms with Crippen LogP contribution < -0.4 is 0 Å². The number of hydrogen-bond donors (Lipinski definition) is 1. The lowest BCUT2D eigenvalue weighted by atomic mass is 10.4. The van der Waals surface area contributed by atoms with Crippen molar-refractivity contribution in [1.82, 2.24) is 0 Å². The molecule has 0 aromatic rings. The molecule has 0 unspecified atom stereocenters. The van der Waals surface area contributed by atoms with Crippen LogP contribution in [0.1, 0.15) is 20.8 Å². The van der Waals surface area contributed by atoms with Gasteiger partial charge in [-0.2, -0.15) is 0 Å². The summed E-state index contributed by atoms with van der Waals surface area (Å²) >= 11 is 0. The van der Waals surface area contributed by atoms with E-state index in [0.717, 1.165) is 0 Å². The molecule has 2 heteroatoms. The van der Waals surface area contributed by atoms with Crippen molar-refractivity contribution in [2.24, 2.45) is 4.99 Å². The fourth-order valence-electron chi connectivity index (χ4n) is 0.261. The molecule has 0 aromatic carbocycles. The summed E-state index contributed by atoms with van der Waals surface area (Å²) in [6, 6.07) is 0.315. The Morgan fingerprint density at radius 2 is 2.12 bits per heavy atom. The molecule has 0 saturated heterocycles. The predicted octanol–water partition coefficient (Wildman–Crippen LogP) is 1.51. The average molecular weight is 112 g/mol. The lowest BCUT2D eigenvalue weighted by molar-refractivity contribution is 0.842. The molecule has 0 saturated carbocycles. The van der Waals surface area contributed by atoms with Crippen molar-refractivity contribution in [3.8, 4) is 0 Å². The molecule has 0 fully saturated rings. The summed E-state index contributed by atoms with van der Waals surface area (Å²) < 4.78 is 0. The molecule has 0 bridgehead atoms. The Bertz CT molecular complexity index is 103. The summed E-state index contributed by atoms with van der Waals surface area (Å²) in [7, 11) is 0. The molecule has 0 aliphatic heterocycles. The highest BCUT2D eigenvalue weighted by Gasteiger charge is 1.82.